The zero-order valence-electron chi connectivity index (χ0n) is 12.1. The molecule has 3 aromatic rings. The molecule has 0 unspecified atom stereocenters. The molecule has 0 atom stereocenters. The Kier molecular flexibility index (Phi) is 4.15. The maximum Gasteiger partial charge on any atom is 0.224 e. The Morgan fingerprint density at radius 3 is 2.45 bits per heavy atom. The van der Waals surface area contributed by atoms with E-state index < -0.39 is 0 Å². The van der Waals surface area contributed by atoms with E-state index in [9.17, 15) is 9.18 Å². The summed E-state index contributed by atoms with van der Waals surface area (Å²) in [7, 11) is 0. The number of fused-ring (bicyclic) bond motifs is 1. The van der Waals surface area contributed by atoms with E-state index in [4.69, 9.17) is 0 Å². The van der Waals surface area contributed by atoms with Crippen LogP contribution in [0.3, 0.4) is 0 Å². The fourth-order valence-electron chi connectivity index (χ4n) is 2.49. The molecule has 22 heavy (non-hydrogen) atoms. The monoisotopic (exact) mass is 293 g/mol. The van der Waals surface area contributed by atoms with Gasteiger partial charge >= 0.3 is 0 Å². The van der Waals surface area contributed by atoms with Crippen molar-refractivity contribution in [3.63, 3.8) is 0 Å². The third-order valence-electron chi connectivity index (χ3n) is 3.63. The van der Waals surface area contributed by atoms with Crippen LogP contribution in [0, 0.1) is 5.82 Å². The molecule has 0 heterocycles. The van der Waals surface area contributed by atoms with E-state index in [1.165, 1.54) is 12.1 Å². The van der Waals surface area contributed by atoms with Gasteiger partial charge in [-0.2, -0.15) is 0 Å². The molecule has 1 amide bonds. The minimum atomic E-state index is -0.272. The number of hydrogen-bond donors (Lipinski definition) is 1. The van der Waals surface area contributed by atoms with Crippen molar-refractivity contribution in [2.24, 2.45) is 0 Å². The summed E-state index contributed by atoms with van der Waals surface area (Å²) in [5.41, 5.74) is 1.89. The Bertz CT molecular complexity index is 791. The first-order valence-electron chi connectivity index (χ1n) is 7.20. The molecule has 0 spiro atoms. The molecule has 0 aromatic heterocycles. The van der Waals surface area contributed by atoms with Crippen LogP contribution in [-0.4, -0.2) is 5.91 Å². The van der Waals surface area contributed by atoms with Gasteiger partial charge in [0.1, 0.15) is 5.82 Å². The number of amides is 1. The summed E-state index contributed by atoms with van der Waals surface area (Å²) in [6, 6.07) is 20.1. The highest BCUT2D eigenvalue weighted by atomic mass is 19.1. The predicted octanol–water partition coefficient (Wildman–Crippen LogP) is 3.84. The van der Waals surface area contributed by atoms with Crippen molar-refractivity contribution in [1.29, 1.82) is 0 Å². The average Bonchev–Trinajstić information content (AvgIpc) is 2.55. The fourth-order valence-corrected chi connectivity index (χ4v) is 2.49. The first-order chi connectivity index (χ1) is 10.7. The minimum absolute atomic E-state index is 0.0410. The molecular formula is C19H16FNO. The standard InChI is InChI=1S/C19H16FNO/c20-17-10-8-14(9-11-17)13-21-19(22)12-16-6-3-5-15-4-1-2-7-18(15)16/h1-11H,12-13H2,(H,21,22). The quantitative estimate of drug-likeness (QED) is 0.778. The van der Waals surface area contributed by atoms with Gasteiger partial charge < -0.3 is 5.32 Å². The van der Waals surface area contributed by atoms with Gasteiger partial charge in [-0.05, 0) is 34.0 Å². The maximum atomic E-state index is 12.8. The van der Waals surface area contributed by atoms with Crippen LogP contribution < -0.4 is 5.32 Å². The number of carbonyl (C=O) groups is 1. The van der Waals surface area contributed by atoms with Gasteiger partial charge in [-0.3, -0.25) is 4.79 Å². The van der Waals surface area contributed by atoms with Crippen LogP contribution in [0.2, 0.25) is 0 Å². The number of nitrogens with one attached hydrogen (secondary N) is 1. The summed E-state index contributed by atoms with van der Waals surface area (Å²) in [5.74, 6) is -0.313. The minimum Gasteiger partial charge on any atom is -0.352 e. The maximum absolute atomic E-state index is 12.8. The van der Waals surface area contributed by atoms with E-state index in [1.807, 2.05) is 42.5 Å². The van der Waals surface area contributed by atoms with Crippen LogP contribution in [0.15, 0.2) is 66.7 Å². The Morgan fingerprint density at radius 1 is 0.909 bits per heavy atom. The molecule has 0 aliphatic heterocycles. The molecule has 3 heteroatoms. The van der Waals surface area contributed by atoms with Gasteiger partial charge in [0.2, 0.25) is 5.91 Å². The van der Waals surface area contributed by atoms with Crippen molar-refractivity contribution in [3.05, 3.63) is 83.7 Å². The SMILES string of the molecule is O=C(Cc1cccc2ccccc12)NCc1ccc(F)cc1. The fraction of sp³-hybridized carbons (Fsp3) is 0.105. The van der Waals surface area contributed by atoms with Crippen LogP contribution in [0.1, 0.15) is 11.1 Å². The number of hydrogen-bond acceptors (Lipinski definition) is 1. The number of halogens is 1. The van der Waals surface area contributed by atoms with Gasteiger partial charge in [-0.1, -0.05) is 54.6 Å². The second kappa shape index (κ2) is 6.39. The Labute approximate surface area is 128 Å². The van der Waals surface area contributed by atoms with Gasteiger partial charge in [-0.15, -0.1) is 0 Å². The molecule has 110 valence electrons. The molecule has 3 aromatic carbocycles. The normalized spacial score (nSPS) is 10.6. The smallest absolute Gasteiger partial charge is 0.224 e. The molecule has 0 saturated heterocycles. The topological polar surface area (TPSA) is 29.1 Å². The molecule has 3 rings (SSSR count). The lowest BCUT2D eigenvalue weighted by Crippen LogP contribution is -2.24. The van der Waals surface area contributed by atoms with E-state index in [-0.39, 0.29) is 11.7 Å². The molecule has 0 fully saturated rings. The highest BCUT2D eigenvalue weighted by Gasteiger charge is 2.06. The van der Waals surface area contributed by atoms with Gasteiger partial charge in [0.15, 0.2) is 0 Å². The highest BCUT2D eigenvalue weighted by molar-refractivity contribution is 5.90. The number of carbonyl (C=O) groups excluding carboxylic acids is 1. The molecular weight excluding hydrogens is 277 g/mol. The second-order valence-electron chi connectivity index (χ2n) is 5.22. The van der Waals surface area contributed by atoms with Crippen molar-refractivity contribution in [2.75, 3.05) is 0 Å². The summed E-state index contributed by atoms with van der Waals surface area (Å²) in [5, 5.41) is 5.10. The van der Waals surface area contributed by atoms with E-state index in [1.54, 1.807) is 12.1 Å². The molecule has 0 bridgehead atoms. The first-order valence-corrected chi connectivity index (χ1v) is 7.20. The number of benzene rings is 3. The third-order valence-corrected chi connectivity index (χ3v) is 3.63. The van der Waals surface area contributed by atoms with Gasteiger partial charge in [-0.25, -0.2) is 4.39 Å². The molecule has 1 N–H and O–H groups in total. The van der Waals surface area contributed by atoms with Crippen LogP contribution in [0.25, 0.3) is 10.8 Å². The predicted molar refractivity (Wildman–Crippen MR) is 85.9 cm³/mol. The van der Waals surface area contributed by atoms with Crippen LogP contribution >= 0.6 is 0 Å². The van der Waals surface area contributed by atoms with Gasteiger partial charge in [0, 0.05) is 6.54 Å². The van der Waals surface area contributed by atoms with Crippen molar-refractivity contribution >= 4 is 16.7 Å². The summed E-state index contributed by atoms with van der Waals surface area (Å²) in [6.45, 7) is 0.407. The largest absolute Gasteiger partial charge is 0.352 e. The Balaban J connectivity index is 1.67. The van der Waals surface area contributed by atoms with Crippen LogP contribution in [0.4, 0.5) is 4.39 Å². The summed E-state index contributed by atoms with van der Waals surface area (Å²) >= 11 is 0. The van der Waals surface area contributed by atoms with Gasteiger partial charge in [0.05, 0.1) is 6.42 Å². The Morgan fingerprint density at radius 2 is 1.64 bits per heavy atom. The van der Waals surface area contributed by atoms with Crippen LogP contribution in [0.5, 0.6) is 0 Å². The lowest BCUT2D eigenvalue weighted by atomic mass is 10.0. The Hall–Kier alpha value is -2.68. The van der Waals surface area contributed by atoms with Crippen molar-refractivity contribution < 1.29 is 9.18 Å². The van der Waals surface area contributed by atoms with Crippen molar-refractivity contribution in [1.82, 2.24) is 5.32 Å². The first kappa shape index (κ1) is 14.3. The third kappa shape index (κ3) is 3.31. The van der Waals surface area contributed by atoms with Crippen LogP contribution in [-0.2, 0) is 17.8 Å². The highest BCUT2D eigenvalue weighted by Crippen LogP contribution is 2.18. The average molecular weight is 293 g/mol. The van der Waals surface area contributed by atoms with E-state index in [2.05, 4.69) is 5.32 Å². The lowest BCUT2D eigenvalue weighted by Gasteiger charge is -2.08. The molecule has 0 saturated carbocycles. The second-order valence-corrected chi connectivity index (χ2v) is 5.22. The summed E-state index contributed by atoms with van der Waals surface area (Å²) in [4.78, 5) is 12.1. The molecule has 0 aliphatic carbocycles. The van der Waals surface area contributed by atoms with E-state index in [0.717, 1.165) is 21.9 Å². The molecule has 2 nitrogen and oxygen atoms in total. The van der Waals surface area contributed by atoms with E-state index in [0.29, 0.717) is 13.0 Å². The molecule has 0 radical (unpaired) electrons. The summed E-state index contributed by atoms with van der Waals surface area (Å²) < 4.78 is 12.8. The van der Waals surface area contributed by atoms with E-state index >= 15 is 0 Å². The molecule has 0 aliphatic rings. The lowest BCUT2D eigenvalue weighted by molar-refractivity contribution is -0.120. The zero-order chi connectivity index (χ0) is 15.4. The zero-order valence-corrected chi connectivity index (χ0v) is 12.1. The van der Waals surface area contributed by atoms with Crippen molar-refractivity contribution in [3.8, 4) is 0 Å². The van der Waals surface area contributed by atoms with Gasteiger partial charge in [0.25, 0.3) is 0 Å². The van der Waals surface area contributed by atoms with Crippen molar-refractivity contribution in [2.45, 2.75) is 13.0 Å². The number of rotatable bonds is 4. The summed E-state index contributed by atoms with van der Waals surface area (Å²) in [6.07, 6.45) is 0.336.